The number of aliphatic hydroxyl groups excluding tert-OH is 2. The first-order valence-corrected chi connectivity index (χ1v) is 26.9. The van der Waals surface area contributed by atoms with Crippen molar-refractivity contribution in [2.24, 2.45) is 0 Å². The van der Waals surface area contributed by atoms with Gasteiger partial charge in [0.05, 0.1) is 25.4 Å². The fraction of sp³-hybridized carbons (Fsp3) is 0.821. The first-order chi connectivity index (χ1) is 30.5. The minimum absolute atomic E-state index is 0.0186. The van der Waals surface area contributed by atoms with Gasteiger partial charge in [0.15, 0.2) is 0 Å². The molecule has 0 rings (SSSR count). The molecule has 0 radical (unpaired) electrons. The van der Waals surface area contributed by atoms with Gasteiger partial charge in [0.1, 0.15) is 0 Å². The smallest absolute Gasteiger partial charge is 0.305 e. The van der Waals surface area contributed by atoms with Crippen molar-refractivity contribution in [2.45, 2.75) is 283 Å². The number of ether oxygens (including phenoxy) is 1. The maximum absolute atomic E-state index is 12.4. The van der Waals surface area contributed by atoms with Gasteiger partial charge < -0.3 is 20.3 Å². The summed E-state index contributed by atoms with van der Waals surface area (Å²) in [7, 11) is 0. The van der Waals surface area contributed by atoms with Crippen molar-refractivity contribution < 1.29 is 24.5 Å². The molecule has 0 saturated carbocycles. The van der Waals surface area contributed by atoms with Crippen molar-refractivity contribution in [1.29, 1.82) is 0 Å². The Morgan fingerprint density at radius 3 is 1.29 bits per heavy atom. The van der Waals surface area contributed by atoms with Crippen LogP contribution in [0.15, 0.2) is 48.6 Å². The van der Waals surface area contributed by atoms with Crippen LogP contribution in [0.5, 0.6) is 0 Å². The summed E-state index contributed by atoms with van der Waals surface area (Å²) in [5.74, 6) is -0.118. The van der Waals surface area contributed by atoms with E-state index in [0.29, 0.717) is 19.4 Å². The fourth-order valence-electron chi connectivity index (χ4n) is 7.89. The number of hydrogen-bond acceptors (Lipinski definition) is 5. The second kappa shape index (κ2) is 51.5. The summed E-state index contributed by atoms with van der Waals surface area (Å²) in [5, 5.41) is 23.0. The number of unbranched alkanes of at least 4 members (excludes halogenated alkanes) is 32. The van der Waals surface area contributed by atoms with Gasteiger partial charge in [0.2, 0.25) is 5.91 Å². The average molecular weight is 870 g/mol. The standard InChI is InChI=1S/C56H103NO5/c1-3-5-7-9-11-13-15-17-18-19-20-21-22-26-30-34-38-42-46-50-56(61)62-51-47-43-39-35-31-27-23-25-29-33-37-41-45-49-55(60)57-53(52-58)54(59)48-44-40-36-32-28-24-16-14-12-10-8-6-4-2/h11,13,17-18,25,29,44,48,53-54,58-59H,3-10,12,14-16,19-24,26-28,30-43,45-47,49-52H2,1-2H3,(H,57,60)/b13-11-,18-17-,29-25-,48-44+. The number of carbonyl (C=O) groups is 2. The summed E-state index contributed by atoms with van der Waals surface area (Å²) in [6.07, 6.45) is 64.0. The van der Waals surface area contributed by atoms with E-state index in [4.69, 9.17) is 4.74 Å². The Morgan fingerprint density at radius 2 is 0.806 bits per heavy atom. The molecule has 62 heavy (non-hydrogen) atoms. The summed E-state index contributed by atoms with van der Waals surface area (Å²) in [5.41, 5.74) is 0. The molecular weight excluding hydrogens is 767 g/mol. The monoisotopic (exact) mass is 870 g/mol. The van der Waals surface area contributed by atoms with Crippen molar-refractivity contribution in [3.63, 3.8) is 0 Å². The molecule has 0 aliphatic heterocycles. The highest BCUT2D eigenvalue weighted by atomic mass is 16.5. The van der Waals surface area contributed by atoms with Gasteiger partial charge in [-0.3, -0.25) is 9.59 Å². The second-order valence-electron chi connectivity index (χ2n) is 18.2. The molecule has 0 heterocycles. The van der Waals surface area contributed by atoms with Crippen LogP contribution in [-0.4, -0.2) is 47.4 Å². The molecule has 6 nitrogen and oxygen atoms in total. The van der Waals surface area contributed by atoms with E-state index in [-0.39, 0.29) is 18.5 Å². The maximum Gasteiger partial charge on any atom is 0.305 e. The number of amides is 1. The highest BCUT2D eigenvalue weighted by Crippen LogP contribution is 2.15. The van der Waals surface area contributed by atoms with Crippen LogP contribution in [0.4, 0.5) is 0 Å². The van der Waals surface area contributed by atoms with E-state index in [1.54, 1.807) is 6.08 Å². The van der Waals surface area contributed by atoms with Crippen LogP contribution in [-0.2, 0) is 14.3 Å². The maximum atomic E-state index is 12.4. The lowest BCUT2D eigenvalue weighted by Gasteiger charge is -2.19. The van der Waals surface area contributed by atoms with Gasteiger partial charge in [0.25, 0.3) is 0 Å². The lowest BCUT2D eigenvalue weighted by atomic mass is 10.0. The van der Waals surface area contributed by atoms with E-state index in [9.17, 15) is 19.8 Å². The van der Waals surface area contributed by atoms with Gasteiger partial charge in [-0.15, -0.1) is 0 Å². The normalized spacial score (nSPS) is 13.0. The first-order valence-electron chi connectivity index (χ1n) is 26.9. The first kappa shape index (κ1) is 59.8. The van der Waals surface area contributed by atoms with Crippen molar-refractivity contribution >= 4 is 11.9 Å². The summed E-state index contributed by atoms with van der Waals surface area (Å²) in [4.78, 5) is 24.5. The highest BCUT2D eigenvalue weighted by molar-refractivity contribution is 5.76. The average Bonchev–Trinajstić information content (AvgIpc) is 3.27. The zero-order valence-electron chi connectivity index (χ0n) is 41.1. The number of hydrogen-bond donors (Lipinski definition) is 3. The zero-order chi connectivity index (χ0) is 45.1. The van der Waals surface area contributed by atoms with E-state index in [0.717, 1.165) is 77.0 Å². The summed E-state index contributed by atoms with van der Waals surface area (Å²) in [6, 6.07) is -0.648. The zero-order valence-corrected chi connectivity index (χ0v) is 41.1. The Kier molecular flexibility index (Phi) is 49.6. The fourth-order valence-corrected chi connectivity index (χ4v) is 7.89. The third-order valence-corrected chi connectivity index (χ3v) is 12.1. The molecule has 362 valence electrons. The Bertz CT molecular complexity index is 1050. The third-order valence-electron chi connectivity index (χ3n) is 12.1. The van der Waals surface area contributed by atoms with Crippen molar-refractivity contribution in [1.82, 2.24) is 5.32 Å². The van der Waals surface area contributed by atoms with Crippen molar-refractivity contribution in [3.05, 3.63) is 48.6 Å². The molecule has 0 aromatic carbocycles. The van der Waals surface area contributed by atoms with E-state index in [1.165, 1.54) is 167 Å². The quantitative estimate of drug-likeness (QED) is 0.0322. The van der Waals surface area contributed by atoms with Gasteiger partial charge in [-0.25, -0.2) is 0 Å². The minimum atomic E-state index is -0.862. The molecule has 0 bridgehead atoms. The number of esters is 1. The summed E-state index contributed by atoms with van der Waals surface area (Å²) >= 11 is 0. The third kappa shape index (κ3) is 47.3. The summed E-state index contributed by atoms with van der Waals surface area (Å²) in [6.45, 7) is 4.82. The van der Waals surface area contributed by atoms with Crippen LogP contribution in [0.2, 0.25) is 0 Å². The molecule has 0 aliphatic rings. The lowest BCUT2D eigenvalue weighted by Crippen LogP contribution is -2.45. The topological polar surface area (TPSA) is 95.9 Å². The molecular formula is C56H103NO5. The number of aliphatic hydroxyl groups is 2. The lowest BCUT2D eigenvalue weighted by molar-refractivity contribution is -0.143. The summed E-state index contributed by atoms with van der Waals surface area (Å²) < 4.78 is 5.47. The van der Waals surface area contributed by atoms with Gasteiger partial charge in [-0.2, -0.15) is 0 Å². The van der Waals surface area contributed by atoms with Crippen LogP contribution < -0.4 is 5.32 Å². The highest BCUT2D eigenvalue weighted by Gasteiger charge is 2.18. The molecule has 0 aromatic rings. The van der Waals surface area contributed by atoms with E-state index < -0.39 is 12.1 Å². The predicted molar refractivity (Wildman–Crippen MR) is 269 cm³/mol. The van der Waals surface area contributed by atoms with E-state index in [1.807, 2.05) is 6.08 Å². The molecule has 0 aromatic heterocycles. The molecule has 0 aliphatic carbocycles. The molecule has 3 N–H and O–H groups in total. The molecule has 0 fully saturated rings. The molecule has 2 atom stereocenters. The number of nitrogens with one attached hydrogen (secondary N) is 1. The Hall–Kier alpha value is -2.18. The van der Waals surface area contributed by atoms with Gasteiger partial charge in [-0.05, 0) is 89.9 Å². The molecule has 2 unspecified atom stereocenters. The van der Waals surface area contributed by atoms with Gasteiger partial charge in [0, 0.05) is 12.8 Å². The van der Waals surface area contributed by atoms with E-state index >= 15 is 0 Å². The Labute approximate surface area is 385 Å². The van der Waals surface area contributed by atoms with Crippen molar-refractivity contribution in [2.75, 3.05) is 13.2 Å². The SMILES string of the molecule is CCCCC/C=C\C/C=C\CCCCCCCCCCCC(=O)OCCCCCCCC/C=C\CCCCCC(=O)NC(CO)C(O)/C=C/CCCCCCCCCCCCC. The Balaban J connectivity index is 3.51. The van der Waals surface area contributed by atoms with Crippen LogP contribution >= 0.6 is 0 Å². The van der Waals surface area contributed by atoms with Gasteiger partial charge >= 0.3 is 5.97 Å². The number of rotatable bonds is 49. The van der Waals surface area contributed by atoms with Crippen LogP contribution in [0.25, 0.3) is 0 Å². The number of allylic oxidation sites excluding steroid dienone is 7. The van der Waals surface area contributed by atoms with Gasteiger partial charge in [-0.1, -0.05) is 217 Å². The van der Waals surface area contributed by atoms with Crippen LogP contribution in [0, 0.1) is 0 Å². The molecule has 0 saturated heterocycles. The van der Waals surface area contributed by atoms with Crippen molar-refractivity contribution in [3.8, 4) is 0 Å². The predicted octanol–water partition coefficient (Wildman–Crippen LogP) is 16.2. The van der Waals surface area contributed by atoms with Crippen LogP contribution in [0.3, 0.4) is 0 Å². The molecule has 0 spiro atoms. The molecule has 6 heteroatoms. The van der Waals surface area contributed by atoms with Crippen LogP contribution in [0.1, 0.15) is 271 Å². The largest absolute Gasteiger partial charge is 0.466 e. The number of carbonyl (C=O) groups excluding carboxylic acids is 2. The molecule has 1 amide bonds. The Morgan fingerprint density at radius 1 is 0.452 bits per heavy atom. The minimum Gasteiger partial charge on any atom is -0.466 e. The van der Waals surface area contributed by atoms with E-state index in [2.05, 4.69) is 55.6 Å². The second-order valence-corrected chi connectivity index (χ2v) is 18.2.